The second-order valence-electron chi connectivity index (χ2n) is 5.25. The number of thioether (sulfide) groups is 1. The monoisotopic (exact) mass is 272 g/mol. The van der Waals surface area contributed by atoms with E-state index in [0.717, 1.165) is 19.4 Å². The fourth-order valence-corrected chi connectivity index (χ4v) is 4.00. The van der Waals surface area contributed by atoms with Gasteiger partial charge in [0.15, 0.2) is 0 Å². The lowest BCUT2D eigenvalue weighted by atomic mass is 9.87. The van der Waals surface area contributed by atoms with Crippen molar-refractivity contribution < 1.29 is 14.7 Å². The lowest BCUT2D eigenvalue weighted by Gasteiger charge is -2.34. The quantitative estimate of drug-likeness (QED) is 0.793. The smallest absolute Gasteiger partial charge is 0.327 e. The van der Waals surface area contributed by atoms with Gasteiger partial charge in [-0.3, -0.25) is 4.79 Å². The summed E-state index contributed by atoms with van der Waals surface area (Å²) in [6, 6.07) is -0.662. The molecule has 2 fully saturated rings. The molecule has 0 aromatic carbocycles. The molecule has 2 aliphatic heterocycles. The van der Waals surface area contributed by atoms with E-state index in [1.165, 1.54) is 0 Å². The van der Waals surface area contributed by atoms with Gasteiger partial charge in [-0.15, -0.1) is 11.8 Å². The molecule has 5 nitrogen and oxygen atoms in total. The normalized spacial score (nSPS) is 36.0. The summed E-state index contributed by atoms with van der Waals surface area (Å²) in [4.78, 5) is 25.5. The zero-order valence-electron chi connectivity index (χ0n) is 10.8. The summed E-state index contributed by atoms with van der Waals surface area (Å²) >= 11 is 1.58. The Morgan fingerprint density at radius 1 is 1.56 bits per heavy atom. The van der Waals surface area contributed by atoms with Crippen molar-refractivity contribution in [2.24, 2.45) is 5.41 Å². The SMILES string of the molecule is CCC1SCC(C(=O)O)N1C(=O)C1(C)CCNC1. The molecule has 2 aliphatic rings. The first-order valence-electron chi connectivity index (χ1n) is 6.37. The molecule has 2 N–H and O–H groups in total. The second-order valence-corrected chi connectivity index (χ2v) is 6.46. The number of carbonyl (C=O) groups excluding carboxylic acids is 1. The number of carboxylic acids is 1. The van der Waals surface area contributed by atoms with Gasteiger partial charge in [-0.05, 0) is 26.3 Å². The predicted octanol–water partition coefficient (Wildman–Crippen LogP) is 0.751. The molecular formula is C12H20N2O3S. The van der Waals surface area contributed by atoms with Crippen LogP contribution in [0.1, 0.15) is 26.7 Å². The van der Waals surface area contributed by atoms with Crippen molar-refractivity contribution >= 4 is 23.6 Å². The molecule has 0 aromatic rings. The van der Waals surface area contributed by atoms with E-state index in [4.69, 9.17) is 0 Å². The van der Waals surface area contributed by atoms with Crippen LogP contribution in [0.2, 0.25) is 0 Å². The maximum atomic E-state index is 12.7. The van der Waals surface area contributed by atoms with Gasteiger partial charge in [0.1, 0.15) is 6.04 Å². The fraction of sp³-hybridized carbons (Fsp3) is 0.833. The summed E-state index contributed by atoms with van der Waals surface area (Å²) < 4.78 is 0. The van der Waals surface area contributed by atoms with Crippen molar-refractivity contribution in [3.8, 4) is 0 Å². The number of carbonyl (C=O) groups is 2. The number of hydrogen-bond acceptors (Lipinski definition) is 4. The number of nitrogens with zero attached hydrogens (tertiary/aromatic N) is 1. The first kappa shape index (κ1) is 13.7. The lowest BCUT2D eigenvalue weighted by molar-refractivity contribution is -0.153. The zero-order chi connectivity index (χ0) is 13.3. The molecule has 0 radical (unpaired) electrons. The molecule has 0 bridgehead atoms. The Morgan fingerprint density at radius 3 is 2.78 bits per heavy atom. The molecule has 2 heterocycles. The van der Waals surface area contributed by atoms with Crippen molar-refractivity contribution in [2.45, 2.75) is 38.1 Å². The second kappa shape index (κ2) is 5.09. The van der Waals surface area contributed by atoms with Gasteiger partial charge < -0.3 is 15.3 Å². The van der Waals surface area contributed by atoms with Crippen LogP contribution in [0.4, 0.5) is 0 Å². The lowest BCUT2D eigenvalue weighted by Crippen LogP contribution is -2.51. The number of hydrogen-bond donors (Lipinski definition) is 2. The molecule has 2 saturated heterocycles. The minimum atomic E-state index is -0.888. The summed E-state index contributed by atoms with van der Waals surface area (Å²) in [6.45, 7) is 5.41. The number of nitrogens with one attached hydrogen (secondary N) is 1. The van der Waals surface area contributed by atoms with E-state index in [2.05, 4.69) is 5.32 Å². The van der Waals surface area contributed by atoms with E-state index in [9.17, 15) is 14.7 Å². The average Bonchev–Trinajstić information content (AvgIpc) is 2.94. The van der Waals surface area contributed by atoms with Crippen LogP contribution in [0.3, 0.4) is 0 Å². The molecule has 2 rings (SSSR count). The largest absolute Gasteiger partial charge is 0.480 e. The van der Waals surface area contributed by atoms with E-state index < -0.39 is 17.4 Å². The molecule has 0 aromatic heterocycles. The molecule has 1 amide bonds. The highest BCUT2D eigenvalue weighted by atomic mass is 32.2. The summed E-state index contributed by atoms with van der Waals surface area (Å²) in [5, 5.41) is 12.5. The zero-order valence-corrected chi connectivity index (χ0v) is 11.6. The Morgan fingerprint density at radius 2 is 2.28 bits per heavy atom. The van der Waals surface area contributed by atoms with Crippen LogP contribution in [0.15, 0.2) is 0 Å². The van der Waals surface area contributed by atoms with Crippen molar-refractivity contribution in [3.05, 3.63) is 0 Å². The Bertz CT molecular complexity index is 355. The highest BCUT2D eigenvalue weighted by molar-refractivity contribution is 8.00. The maximum Gasteiger partial charge on any atom is 0.327 e. The third-order valence-corrected chi connectivity index (χ3v) is 5.30. The van der Waals surface area contributed by atoms with Gasteiger partial charge in [0.2, 0.25) is 5.91 Å². The van der Waals surface area contributed by atoms with Gasteiger partial charge in [0.05, 0.1) is 10.8 Å². The number of carboxylic acid groups (broad SMARTS) is 1. The molecule has 0 spiro atoms. The highest BCUT2D eigenvalue weighted by Gasteiger charge is 2.48. The van der Waals surface area contributed by atoms with Gasteiger partial charge >= 0.3 is 5.97 Å². The summed E-state index contributed by atoms with van der Waals surface area (Å²) in [5.41, 5.74) is -0.438. The summed E-state index contributed by atoms with van der Waals surface area (Å²) in [7, 11) is 0. The predicted molar refractivity (Wildman–Crippen MR) is 70.4 cm³/mol. The average molecular weight is 272 g/mol. The third kappa shape index (κ3) is 2.23. The van der Waals surface area contributed by atoms with E-state index in [-0.39, 0.29) is 11.3 Å². The van der Waals surface area contributed by atoms with E-state index in [1.807, 2.05) is 13.8 Å². The Balaban J connectivity index is 2.21. The molecular weight excluding hydrogens is 252 g/mol. The highest BCUT2D eigenvalue weighted by Crippen LogP contribution is 2.37. The molecule has 102 valence electrons. The molecule has 3 unspecified atom stereocenters. The third-order valence-electron chi connectivity index (χ3n) is 3.85. The van der Waals surface area contributed by atoms with E-state index in [0.29, 0.717) is 12.3 Å². The fourth-order valence-electron chi connectivity index (χ4n) is 2.65. The molecule has 0 aliphatic carbocycles. The van der Waals surface area contributed by atoms with Gasteiger partial charge in [-0.1, -0.05) is 6.92 Å². The van der Waals surface area contributed by atoms with Gasteiger partial charge in [-0.2, -0.15) is 0 Å². The van der Waals surface area contributed by atoms with Crippen LogP contribution in [0.25, 0.3) is 0 Å². The standard InChI is InChI=1S/C12H20N2O3S/c1-3-9-14(8(6-18-9)10(15)16)11(17)12(2)4-5-13-7-12/h8-9,13H,3-7H2,1-2H3,(H,15,16). The summed E-state index contributed by atoms with van der Waals surface area (Å²) in [6.07, 6.45) is 1.58. The topological polar surface area (TPSA) is 69.6 Å². The first-order valence-corrected chi connectivity index (χ1v) is 7.42. The summed E-state index contributed by atoms with van der Waals surface area (Å²) in [5.74, 6) is -0.388. The van der Waals surface area contributed by atoms with Crippen LogP contribution < -0.4 is 5.32 Å². The Hall–Kier alpha value is -0.750. The maximum absolute atomic E-state index is 12.7. The number of amides is 1. The minimum Gasteiger partial charge on any atom is -0.480 e. The molecule has 6 heteroatoms. The van der Waals surface area contributed by atoms with Crippen molar-refractivity contribution in [1.82, 2.24) is 10.2 Å². The Labute approximate surface area is 111 Å². The molecule has 0 saturated carbocycles. The van der Waals surface area contributed by atoms with Crippen LogP contribution >= 0.6 is 11.8 Å². The van der Waals surface area contributed by atoms with Gasteiger partial charge in [0, 0.05) is 12.3 Å². The number of rotatable bonds is 3. The van der Waals surface area contributed by atoms with Gasteiger partial charge in [0.25, 0.3) is 0 Å². The van der Waals surface area contributed by atoms with Crippen molar-refractivity contribution in [3.63, 3.8) is 0 Å². The van der Waals surface area contributed by atoms with E-state index >= 15 is 0 Å². The van der Waals surface area contributed by atoms with Crippen LogP contribution in [0, 0.1) is 5.41 Å². The van der Waals surface area contributed by atoms with Crippen molar-refractivity contribution in [1.29, 1.82) is 0 Å². The Kier molecular flexibility index (Phi) is 3.87. The molecule has 3 atom stereocenters. The minimum absolute atomic E-state index is 0.00301. The van der Waals surface area contributed by atoms with Crippen LogP contribution in [0.5, 0.6) is 0 Å². The van der Waals surface area contributed by atoms with Crippen molar-refractivity contribution in [2.75, 3.05) is 18.8 Å². The number of aliphatic carboxylic acids is 1. The molecule has 18 heavy (non-hydrogen) atoms. The van der Waals surface area contributed by atoms with Crippen LogP contribution in [-0.2, 0) is 9.59 Å². The van der Waals surface area contributed by atoms with Crippen LogP contribution in [-0.4, -0.2) is 52.1 Å². The van der Waals surface area contributed by atoms with E-state index in [1.54, 1.807) is 16.7 Å². The first-order chi connectivity index (χ1) is 8.49. The van der Waals surface area contributed by atoms with Gasteiger partial charge in [-0.25, -0.2) is 4.79 Å².